The summed E-state index contributed by atoms with van der Waals surface area (Å²) in [5.41, 5.74) is 1.46. The highest BCUT2D eigenvalue weighted by Crippen LogP contribution is 2.25. The summed E-state index contributed by atoms with van der Waals surface area (Å²) in [5, 5.41) is 3.45. The third-order valence-electron chi connectivity index (χ3n) is 3.47. The molecule has 2 aromatic carbocycles. The van der Waals surface area contributed by atoms with Crippen molar-refractivity contribution in [3.05, 3.63) is 64.1 Å². The molecule has 2 amide bonds. The van der Waals surface area contributed by atoms with Gasteiger partial charge in [-0.2, -0.15) is 0 Å². The Kier molecular flexibility index (Phi) is 6.64. The topological polar surface area (TPSA) is 49.4 Å². The van der Waals surface area contributed by atoms with E-state index in [9.17, 15) is 9.59 Å². The second-order valence-corrected chi connectivity index (χ2v) is 6.09. The van der Waals surface area contributed by atoms with Crippen LogP contribution in [0.4, 0.5) is 5.69 Å². The molecule has 2 rings (SSSR count). The third-order valence-corrected chi connectivity index (χ3v) is 4.02. The molecule has 126 valence electrons. The van der Waals surface area contributed by atoms with Crippen LogP contribution in [0.15, 0.2) is 48.5 Å². The minimum Gasteiger partial charge on any atom is -0.338 e. The molecule has 0 spiro atoms. The molecule has 1 N–H and O–H groups in total. The average Bonchev–Trinajstić information content (AvgIpc) is 2.56. The number of benzene rings is 2. The average molecular weight is 365 g/mol. The van der Waals surface area contributed by atoms with Crippen molar-refractivity contribution >= 4 is 40.7 Å². The second-order valence-electron chi connectivity index (χ2n) is 5.24. The van der Waals surface area contributed by atoms with Gasteiger partial charge in [0.2, 0.25) is 11.8 Å². The van der Waals surface area contributed by atoms with Crippen LogP contribution in [-0.2, 0) is 16.1 Å². The summed E-state index contributed by atoms with van der Waals surface area (Å²) in [6.45, 7) is 2.89. The van der Waals surface area contributed by atoms with Crippen LogP contribution in [0.3, 0.4) is 0 Å². The molecule has 0 aromatic heterocycles. The van der Waals surface area contributed by atoms with Crippen LogP contribution in [0.2, 0.25) is 10.0 Å². The quantitative estimate of drug-likeness (QED) is 0.773. The van der Waals surface area contributed by atoms with Gasteiger partial charge in [0.15, 0.2) is 0 Å². The maximum atomic E-state index is 12.3. The molecule has 0 radical (unpaired) electrons. The molecule has 0 bridgehead atoms. The van der Waals surface area contributed by atoms with E-state index in [2.05, 4.69) is 5.32 Å². The van der Waals surface area contributed by atoms with E-state index in [4.69, 9.17) is 23.2 Å². The molecule has 0 aliphatic heterocycles. The number of hydrogen-bond donors (Lipinski definition) is 1. The lowest BCUT2D eigenvalue weighted by atomic mass is 10.2. The van der Waals surface area contributed by atoms with Crippen LogP contribution < -0.4 is 5.32 Å². The molecule has 0 aliphatic rings. The number of nitrogens with one attached hydrogen (secondary N) is 1. The summed E-state index contributed by atoms with van der Waals surface area (Å²) >= 11 is 11.8. The Labute approximate surface area is 151 Å². The van der Waals surface area contributed by atoms with Crippen molar-refractivity contribution in [1.82, 2.24) is 4.90 Å². The van der Waals surface area contributed by atoms with Gasteiger partial charge in [0.1, 0.15) is 6.42 Å². The molecule has 0 fully saturated rings. The highest BCUT2D eigenvalue weighted by molar-refractivity contribution is 6.36. The van der Waals surface area contributed by atoms with Crippen LogP contribution >= 0.6 is 23.2 Å². The number of amides is 2. The number of nitrogens with zero attached hydrogens (tertiary/aromatic N) is 1. The van der Waals surface area contributed by atoms with Gasteiger partial charge in [0.05, 0.1) is 10.7 Å². The number of anilines is 1. The van der Waals surface area contributed by atoms with Crippen LogP contribution in [-0.4, -0.2) is 23.3 Å². The zero-order valence-electron chi connectivity index (χ0n) is 13.3. The van der Waals surface area contributed by atoms with E-state index in [1.807, 2.05) is 37.3 Å². The molecule has 0 atom stereocenters. The van der Waals surface area contributed by atoms with Crippen molar-refractivity contribution in [3.63, 3.8) is 0 Å². The first kappa shape index (κ1) is 18.3. The van der Waals surface area contributed by atoms with Gasteiger partial charge in [-0.3, -0.25) is 9.59 Å². The molecule has 0 saturated heterocycles. The van der Waals surface area contributed by atoms with E-state index >= 15 is 0 Å². The molecule has 6 heteroatoms. The van der Waals surface area contributed by atoms with Gasteiger partial charge >= 0.3 is 0 Å². The van der Waals surface area contributed by atoms with Gasteiger partial charge in [-0.25, -0.2) is 0 Å². The fraction of sp³-hybridized carbons (Fsp3) is 0.222. The van der Waals surface area contributed by atoms with Gasteiger partial charge in [-0.05, 0) is 30.7 Å². The van der Waals surface area contributed by atoms with Gasteiger partial charge in [-0.15, -0.1) is 0 Å². The lowest BCUT2D eigenvalue weighted by molar-refractivity contribution is -0.134. The van der Waals surface area contributed by atoms with E-state index < -0.39 is 5.91 Å². The largest absolute Gasteiger partial charge is 0.338 e. The van der Waals surface area contributed by atoms with Gasteiger partial charge in [0.25, 0.3) is 0 Å². The zero-order chi connectivity index (χ0) is 17.5. The fourth-order valence-corrected chi connectivity index (χ4v) is 2.67. The van der Waals surface area contributed by atoms with Crippen molar-refractivity contribution in [3.8, 4) is 0 Å². The Morgan fingerprint density at radius 2 is 1.79 bits per heavy atom. The summed E-state index contributed by atoms with van der Waals surface area (Å²) in [5.74, 6) is -0.639. The van der Waals surface area contributed by atoms with Crippen LogP contribution in [0.5, 0.6) is 0 Å². The summed E-state index contributed by atoms with van der Waals surface area (Å²) in [4.78, 5) is 26.0. The van der Waals surface area contributed by atoms with E-state index in [1.165, 1.54) is 6.07 Å². The minimum atomic E-state index is -0.407. The lowest BCUT2D eigenvalue weighted by Gasteiger charge is -2.21. The van der Waals surface area contributed by atoms with Crippen molar-refractivity contribution in [2.45, 2.75) is 19.9 Å². The van der Waals surface area contributed by atoms with Crippen LogP contribution in [0.1, 0.15) is 18.9 Å². The minimum absolute atomic E-state index is 0.232. The molecule has 24 heavy (non-hydrogen) atoms. The van der Waals surface area contributed by atoms with Crippen molar-refractivity contribution in [1.29, 1.82) is 0 Å². The third kappa shape index (κ3) is 5.25. The molecule has 4 nitrogen and oxygen atoms in total. The first-order valence-electron chi connectivity index (χ1n) is 7.56. The number of rotatable bonds is 6. The maximum Gasteiger partial charge on any atom is 0.233 e. The predicted molar refractivity (Wildman–Crippen MR) is 97.2 cm³/mol. The molecule has 0 unspecified atom stereocenters. The molecule has 0 saturated carbocycles. The lowest BCUT2D eigenvalue weighted by Crippen LogP contribution is -2.33. The summed E-state index contributed by atoms with van der Waals surface area (Å²) < 4.78 is 0. The standard InChI is InChI=1S/C18H18Cl2N2O2/c1-2-22(12-13-6-4-3-5-7-13)18(24)11-17(23)21-16-9-8-14(19)10-15(16)20/h3-10H,2,11-12H2,1H3,(H,21,23). The maximum absolute atomic E-state index is 12.3. The molecule has 2 aromatic rings. The van der Waals surface area contributed by atoms with Gasteiger partial charge < -0.3 is 10.2 Å². The van der Waals surface area contributed by atoms with Crippen LogP contribution in [0.25, 0.3) is 0 Å². The van der Waals surface area contributed by atoms with E-state index in [0.717, 1.165) is 5.56 Å². The number of hydrogen-bond acceptors (Lipinski definition) is 2. The SMILES string of the molecule is CCN(Cc1ccccc1)C(=O)CC(=O)Nc1ccc(Cl)cc1Cl. The Morgan fingerprint density at radius 1 is 1.08 bits per heavy atom. The molecular weight excluding hydrogens is 347 g/mol. The van der Waals surface area contributed by atoms with E-state index in [1.54, 1.807) is 17.0 Å². The van der Waals surface area contributed by atoms with E-state index in [-0.39, 0.29) is 12.3 Å². The number of halogens is 2. The van der Waals surface area contributed by atoms with Crippen molar-refractivity contribution < 1.29 is 9.59 Å². The highest BCUT2D eigenvalue weighted by Gasteiger charge is 2.17. The van der Waals surface area contributed by atoms with E-state index in [0.29, 0.717) is 28.8 Å². The smallest absolute Gasteiger partial charge is 0.233 e. The predicted octanol–water partition coefficient (Wildman–Crippen LogP) is 4.37. The first-order chi connectivity index (χ1) is 11.5. The Balaban J connectivity index is 1.95. The second kappa shape index (κ2) is 8.71. The van der Waals surface area contributed by atoms with Crippen molar-refractivity contribution in [2.75, 3.05) is 11.9 Å². The zero-order valence-corrected chi connectivity index (χ0v) is 14.8. The summed E-state index contributed by atoms with van der Waals surface area (Å²) in [6.07, 6.45) is -0.236. The van der Waals surface area contributed by atoms with Gasteiger partial charge in [-0.1, -0.05) is 53.5 Å². The van der Waals surface area contributed by atoms with Gasteiger partial charge in [0, 0.05) is 18.1 Å². The monoisotopic (exact) mass is 364 g/mol. The van der Waals surface area contributed by atoms with Crippen molar-refractivity contribution in [2.24, 2.45) is 0 Å². The summed E-state index contributed by atoms with van der Waals surface area (Å²) in [7, 11) is 0. The summed E-state index contributed by atoms with van der Waals surface area (Å²) in [6, 6.07) is 14.4. The normalized spacial score (nSPS) is 10.3. The number of carbonyl (C=O) groups excluding carboxylic acids is 2. The first-order valence-corrected chi connectivity index (χ1v) is 8.31. The Bertz CT molecular complexity index is 720. The Morgan fingerprint density at radius 3 is 2.42 bits per heavy atom. The fourth-order valence-electron chi connectivity index (χ4n) is 2.21. The Hall–Kier alpha value is -2.04. The highest BCUT2D eigenvalue weighted by atomic mass is 35.5. The molecule has 0 aliphatic carbocycles. The molecule has 0 heterocycles. The number of carbonyl (C=O) groups is 2. The molecular formula is C18H18Cl2N2O2. The van der Waals surface area contributed by atoms with Crippen LogP contribution in [0, 0.1) is 0 Å².